The lowest BCUT2D eigenvalue weighted by molar-refractivity contribution is -0.136. The van der Waals surface area contributed by atoms with Crippen molar-refractivity contribution in [1.29, 1.82) is 0 Å². The van der Waals surface area contributed by atoms with Crippen LogP contribution in [0.15, 0.2) is 58.4 Å². The highest BCUT2D eigenvalue weighted by Crippen LogP contribution is 2.34. The summed E-state index contributed by atoms with van der Waals surface area (Å²) < 4.78 is 38.9. The molecule has 1 aliphatic heterocycles. The molecule has 28 heavy (non-hydrogen) atoms. The summed E-state index contributed by atoms with van der Waals surface area (Å²) in [5.74, 6) is -0.437. The third-order valence-corrected chi connectivity index (χ3v) is 4.61. The number of alkyl halides is 3. The van der Waals surface area contributed by atoms with Crippen LogP contribution in [0.3, 0.4) is 0 Å². The van der Waals surface area contributed by atoms with Crippen molar-refractivity contribution in [2.24, 2.45) is 4.99 Å². The zero-order chi connectivity index (χ0) is 20.3. The third-order valence-electron chi connectivity index (χ3n) is 3.70. The standard InChI is InChI=1S/C19H14F3N3O2S/c1-11-6-8-12(9-7-11)10-15-16(26)24-18(28-15)25-17(27)23-14-5-3-2-4-13(14)19(20,21)22/h2-10H,1H3,(H2,23,24,25,26,27)/b15-10+. The molecular weight excluding hydrogens is 391 g/mol. The molecule has 0 saturated carbocycles. The number of carbonyl (C=O) groups is 2. The van der Waals surface area contributed by atoms with Crippen molar-refractivity contribution in [2.75, 3.05) is 5.32 Å². The van der Waals surface area contributed by atoms with Crippen LogP contribution in [0.2, 0.25) is 0 Å². The maximum absolute atomic E-state index is 13.0. The lowest BCUT2D eigenvalue weighted by Gasteiger charge is -2.12. The second kappa shape index (κ2) is 7.89. The van der Waals surface area contributed by atoms with E-state index >= 15 is 0 Å². The molecule has 144 valence electrons. The number of carbonyl (C=O) groups excluding carboxylic acids is 2. The fourth-order valence-corrected chi connectivity index (χ4v) is 3.19. The first-order chi connectivity index (χ1) is 13.2. The van der Waals surface area contributed by atoms with Crippen molar-refractivity contribution in [3.8, 4) is 0 Å². The molecule has 0 radical (unpaired) electrons. The molecule has 3 amide bonds. The normalized spacial score (nSPS) is 17.1. The van der Waals surface area contributed by atoms with Crippen LogP contribution >= 0.6 is 11.8 Å². The maximum Gasteiger partial charge on any atom is 0.418 e. The number of amidine groups is 1. The molecule has 0 bridgehead atoms. The first-order valence-electron chi connectivity index (χ1n) is 8.06. The Labute approximate surface area is 162 Å². The Morgan fingerprint density at radius 2 is 1.82 bits per heavy atom. The van der Waals surface area contributed by atoms with Gasteiger partial charge in [0.05, 0.1) is 16.2 Å². The van der Waals surface area contributed by atoms with Crippen molar-refractivity contribution < 1.29 is 22.8 Å². The summed E-state index contributed by atoms with van der Waals surface area (Å²) in [5, 5.41) is 4.51. The third kappa shape index (κ3) is 4.80. The Morgan fingerprint density at radius 1 is 1.14 bits per heavy atom. The summed E-state index contributed by atoms with van der Waals surface area (Å²) in [7, 11) is 0. The number of nitrogens with one attached hydrogen (secondary N) is 2. The number of aliphatic imine (C=N–C) groups is 1. The lowest BCUT2D eigenvalue weighted by Crippen LogP contribution is -2.22. The number of benzene rings is 2. The van der Waals surface area contributed by atoms with Gasteiger partial charge in [-0.3, -0.25) is 4.79 Å². The number of para-hydroxylation sites is 1. The Kier molecular flexibility index (Phi) is 5.55. The largest absolute Gasteiger partial charge is 0.418 e. The van der Waals surface area contributed by atoms with Crippen LogP contribution in [0.25, 0.3) is 6.08 Å². The highest BCUT2D eigenvalue weighted by Gasteiger charge is 2.33. The van der Waals surface area contributed by atoms with E-state index in [-0.39, 0.29) is 5.17 Å². The molecule has 2 aromatic carbocycles. The quantitative estimate of drug-likeness (QED) is 0.705. The van der Waals surface area contributed by atoms with E-state index in [9.17, 15) is 22.8 Å². The van der Waals surface area contributed by atoms with E-state index in [0.717, 1.165) is 35.0 Å². The lowest BCUT2D eigenvalue weighted by atomic mass is 10.1. The summed E-state index contributed by atoms with van der Waals surface area (Å²) in [5.41, 5.74) is 0.484. The highest BCUT2D eigenvalue weighted by atomic mass is 32.2. The molecule has 5 nitrogen and oxygen atoms in total. The zero-order valence-electron chi connectivity index (χ0n) is 14.5. The van der Waals surface area contributed by atoms with Gasteiger partial charge in [-0.05, 0) is 42.5 Å². The average Bonchev–Trinajstić information content (AvgIpc) is 2.95. The van der Waals surface area contributed by atoms with Gasteiger partial charge in [-0.2, -0.15) is 18.2 Å². The van der Waals surface area contributed by atoms with Gasteiger partial charge in [0, 0.05) is 0 Å². The van der Waals surface area contributed by atoms with E-state index in [0.29, 0.717) is 4.91 Å². The van der Waals surface area contributed by atoms with Gasteiger partial charge < -0.3 is 10.6 Å². The van der Waals surface area contributed by atoms with E-state index in [4.69, 9.17) is 0 Å². The Bertz CT molecular complexity index is 983. The topological polar surface area (TPSA) is 70.6 Å². The molecule has 0 aromatic heterocycles. The minimum Gasteiger partial charge on any atom is -0.305 e. The molecule has 0 aliphatic carbocycles. The molecule has 9 heteroatoms. The second-order valence-corrected chi connectivity index (χ2v) is 6.90. The summed E-state index contributed by atoms with van der Waals surface area (Å²) >= 11 is 0.934. The Morgan fingerprint density at radius 3 is 2.50 bits per heavy atom. The molecule has 1 saturated heterocycles. The number of anilines is 1. The second-order valence-electron chi connectivity index (χ2n) is 5.87. The first kappa shape index (κ1) is 19.7. The number of hydrogen-bond donors (Lipinski definition) is 2. The van der Waals surface area contributed by atoms with Crippen LogP contribution in [-0.4, -0.2) is 17.1 Å². The van der Waals surface area contributed by atoms with Gasteiger partial charge in [-0.1, -0.05) is 42.0 Å². The fourth-order valence-electron chi connectivity index (χ4n) is 2.37. The number of aryl methyl sites for hydroxylation is 1. The monoisotopic (exact) mass is 405 g/mol. The van der Waals surface area contributed by atoms with Gasteiger partial charge >= 0.3 is 12.2 Å². The van der Waals surface area contributed by atoms with Crippen LogP contribution in [0, 0.1) is 6.92 Å². The molecule has 0 unspecified atom stereocenters. The minimum atomic E-state index is -4.61. The molecule has 1 fully saturated rings. The summed E-state index contributed by atoms with van der Waals surface area (Å²) in [6.45, 7) is 1.94. The van der Waals surface area contributed by atoms with Crippen LogP contribution in [-0.2, 0) is 11.0 Å². The number of rotatable bonds is 2. The average molecular weight is 405 g/mol. The molecule has 2 aromatic rings. The fraction of sp³-hybridized carbons (Fsp3) is 0.105. The van der Waals surface area contributed by atoms with Crippen LogP contribution in [0.5, 0.6) is 0 Å². The van der Waals surface area contributed by atoms with Gasteiger partial charge in [0.25, 0.3) is 5.91 Å². The number of urea groups is 1. The predicted molar refractivity (Wildman–Crippen MR) is 103 cm³/mol. The van der Waals surface area contributed by atoms with Crippen molar-refractivity contribution in [1.82, 2.24) is 5.32 Å². The maximum atomic E-state index is 13.0. The molecule has 1 heterocycles. The smallest absolute Gasteiger partial charge is 0.305 e. The van der Waals surface area contributed by atoms with Crippen molar-refractivity contribution in [3.05, 3.63) is 70.1 Å². The molecule has 1 aliphatic rings. The van der Waals surface area contributed by atoms with Crippen molar-refractivity contribution >= 4 is 40.6 Å². The van der Waals surface area contributed by atoms with Crippen LogP contribution in [0.1, 0.15) is 16.7 Å². The van der Waals surface area contributed by atoms with Gasteiger partial charge in [0.1, 0.15) is 0 Å². The summed E-state index contributed by atoms with van der Waals surface area (Å²) in [6, 6.07) is 11.0. The van der Waals surface area contributed by atoms with Gasteiger partial charge in [0.2, 0.25) is 0 Å². The van der Waals surface area contributed by atoms with Gasteiger partial charge in [-0.15, -0.1) is 0 Å². The van der Waals surface area contributed by atoms with E-state index in [1.54, 1.807) is 6.08 Å². The number of hydrogen-bond acceptors (Lipinski definition) is 3. The Balaban J connectivity index is 1.74. The predicted octanol–water partition coefficient (Wildman–Crippen LogP) is 4.81. The summed E-state index contributed by atoms with van der Waals surface area (Å²) in [4.78, 5) is 28.0. The van der Waals surface area contributed by atoms with Crippen LogP contribution < -0.4 is 10.6 Å². The first-order valence-corrected chi connectivity index (χ1v) is 8.87. The van der Waals surface area contributed by atoms with E-state index in [1.165, 1.54) is 12.1 Å². The number of amides is 3. The molecule has 3 rings (SSSR count). The Hall–Kier alpha value is -3.07. The minimum absolute atomic E-state index is 0.00893. The molecule has 2 N–H and O–H groups in total. The van der Waals surface area contributed by atoms with Crippen LogP contribution in [0.4, 0.5) is 23.7 Å². The van der Waals surface area contributed by atoms with E-state index < -0.39 is 29.4 Å². The molecule has 0 spiro atoms. The number of thioether (sulfide) groups is 1. The van der Waals surface area contributed by atoms with Crippen molar-refractivity contribution in [2.45, 2.75) is 13.1 Å². The number of halogens is 3. The SMILES string of the molecule is Cc1ccc(/C=C2/S/C(=N/C(=O)Nc3ccccc3C(F)(F)F)NC2=O)cc1. The van der Waals surface area contributed by atoms with Crippen molar-refractivity contribution in [3.63, 3.8) is 0 Å². The highest BCUT2D eigenvalue weighted by molar-refractivity contribution is 8.18. The van der Waals surface area contributed by atoms with E-state index in [2.05, 4.69) is 15.6 Å². The zero-order valence-corrected chi connectivity index (χ0v) is 15.3. The van der Waals surface area contributed by atoms with Gasteiger partial charge in [-0.25, -0.2) is 4.79 Å². The van der Waals surface area contributed by atoms with Gasteiger partial charge in [0.15, 0.2) is 5.17 Å². The number of nitrogens with zero attached hydrogens (tertiary/aromatic N) is 1. The molecular formula is C19H14F3N3O2S. The summed E-state index contributed by atoms with van der Waals surface area (Å²) in [6.07, 6.45) is -2.98. The molecule has 0 atom stereocenters. The van der Waals surface area contributed by atoms with E-state index in [1.807, 2.05) is 31.2 Å².